The number of H-pyrrole nitrogens is 1. The number of nitrogens with two attached hydrogens (primary N) is 1. The summed E-state index contributed by atoms with van der Waals surface area (Å²) in [5, 5.41) is 2.28. The number of hydrogen-bond donors (Lipinski definition) is 7. The van der Waals surface area contributed by atoms with Crippen LogP contribution in [-0.2, 0) is 44.8 Å². The lowest BCUT2D eigenvalue weighted by Gasteiger charge is -2.36. The van der Waals surface area contributed by atoms with Gasteiger partial charge >= 0.3 is 6.09 Å². The lowest BCUT2D eigenvalue weighted by Crippen LogP contribution is -2.50. The predicted octanol–water partition coefficient (Wildman–Crippen LogP) is 15.4. The first-order valence-corrected chi connectivity index (χ1v) is 54.6. The van der Waals surface area contributed by atoms with Gasteiger partial charge in [-0.15, -0.1) is 11.3 Å². The normalized spacial score (nSPS) is 17.8. The molecule has 766 valence electrons. The number of benzene rings is 3. The Morgan fingerprint density at radius 3 is 1.55 bits per heavy atom. The Hall–Kier alpha value is -14.1. The molecule has 14 heterocycles. The zero-order valence-electron chi connectivity index (χ0n) is 83.6. The summed E-state index contributed by atoms with van der Waals surface area (Å²) in [4.78, 5) is 126. The van der Waals surface area contributed by atoms with E-state index in [0.29, 0.717) is 91.1 Å². The molecule has 5 aliphatic rings. The van der Waals surface area contributed by atoms with Crippen LogP contribution in [0.3, 0.4) is 0 Å². The van der Waals surface area contributed by atoms with Crippen LogP contribution in [0.2, 0.25) is 0 Å². The smallest absolute Gasteiger partial charge is 0.410 e. The van der Waals surface area contributed by atoms with Crippen LogP contribution < -0.4 is 64.7 Å². The molecule has 4 atom stereocenters. The molecule has 0 spiro atoms. The van der Waals surface area contributed by atoms with E-state index in [9.17, 15) is 62.4 Å². The monoisotopic (exact) mass is 2070 g/mol. The van der Waals surface area contributed by atoms with E-state index >= 15 is 0 Å². The number of piperazine rings is 1. The molecule has 3 unspecified atom stereocenters. The molecule has 5 amide bonds. The first-order chi connectivity index (χ1) is 68.5. The van der Waals surface area contributed by atoms with Gasteiger partial charge in [0.1, 0.15) is 52.1 Å². The van der Waals surface area contributed by atoms with Gasteiger partial charge in [-0.1, -0.05) is 76.1 Å². The maximum absolute atomic E-state index is 13.3. The van der Waals surface area contributed by atoms with E-state index in [-0.39, 0.29) is 78.0 Å². The van der Waals surface area contributed by atoms with Crippen molar-refractivity contribution in [1.82, 2.24) is 68.6 Å². The summed E-state index contributed by atoms with van der Waals surface area (Å²) in [6, 6.07) is 50.3. The number of nitrogens with one attached hydrogen (secondary N) is 6. The second-order valence-electron chi connectivity index (χ2n) is 39.8. The topological polar surface area (TPSA) is 482 Å². The number of rotatable bonds is 23. The largest absolute Gasteiger partial charge is 0.491 e. The summed E-state index contributed by atoms with van der Waals surface area (Å²) in [5.41, 5.74) is 11.4. The van der Waals surface area contributed by atoms with Crippen molar-refractivity contribution in [3.8, 4) is 17.0 Å². The predicted molar refractivity (Wildman–Crippen MR) is 559 cm³/mol. The number of carbonyl (C=O) groups excluding carboxylic acids is 5. The number of aromatic nitrogens is 9. The minimum absolute atomic E-state index is 0.0438. The SMILES string of the molecule is CC(C)Oc1ccc(-c2ccc(C(=O)NS(=O)(=O)c3ccc[nH]c3=O)c(N3C[C@@H](C)CC3(C)C)n2)cc1.CC1CN(c2ncccc2C(=O)NS(=O)(=O)c2cccc(N3CCN(C(=O)OC(C)(C)C)CC3)n2)C(C)(C)C1.CC1CN(c2ncccc2C(=O)NS(=O)(=O)c2cccc(Nc3ccc4ncsc4c3)n2)C(C)(C)C1.Cc1ccccc1C1CCCCCN1c1ncccc1C(=O)NS(=O)(=O)c1cccc(N)n1. The molecule has 0 aliphatic carbocycles. The van der Waals surface area contributed by atoms with Crippen molar-refractivity contribution in [2.45, 2.75) is 203 Å². The van der Waals surface area contributed by atoms with Gasteiger partial charge in [-0.3, -0.25) is 24.0 Å². The van der Waals surface area contributed by atoms with Crippen molar-refractivity contribution in [2.24, 2.45) is 17.8 Å². The van der Waals surface area contributed by atoms with Crippen LogP contribution in [0.4, 0.5) is 51.2 Å². The fraction of sp³-hybridized carbons (Fsp3) is 0.379. The molecule has 0 saturated carbocycles. The highest BCUT2D eigenvalue weighted by atomic mass is 32.2. The third-order valence-corrected chi connectivity index (χ3v) is 31.0. The Morgan fingerprint density at radius 1 is 0.510 bits per heavy atom. The van der Waals surface area contributed by atoms with Gasteiger partial charge in [-0.2, -0.15) is 25.3 Å². The number of pyridine rings is 8. The van der Waals surface area contributed by atoms with E-state index in [0.717, 1.165) is 97.9 Å². The highest BCUT2D eigenvalue weighted by Gasteiger charge is 2.44. The van der Waals surface area contributed by atoms with Gasteiger partial charge in [0.25, 0.3) is 69.3 Å². The summed E-state index contributed by atoms with van der Waals surface area (Å²) in [6.07, 6.45) is 12.6. The molecule has 0 radical (unpaired) electrons. The maximum Gasteiger partial charge on any atom is 0.410 e. The molecule has 42 heteroatoms. The van der Waals surface area contributed by atoms with Crippen molar-refractivity contribution in [1.29, 1.82) is 0 Å². The number of sulfonamides is 4. The zero-order valence-corrected chi connectivity index (χ0v) is 87.7. The number of ether oxygens (including phenoxy) is 2. The van der Waals surface area contributed by atoms with Gasteiger partial charge < -0.3 is 54.9 Å². The van der Waals surface area contributed by atoms with E-state index in [1.807, 2.05) is 104 Å². The number of hydrogen-bond acceptors (Lipinski definition) is 32. The summed E-state index contributed by atoms with van der Waals surface area (Å²) in [7, 11) is -17.1. The molecule has 37 nitrogen and oxygen atoms in total. The van der Waals surface area contributed by atoms with Crippen LogP contribution in [0, 0.1) is 24.7 Å². The molecule has 5 aliphatic heterocycles. The van der Waals surface area contributed by atoms with E-state index in [4.69, 9.17) is 20.2 Å². The third-order valence-electron chi connectivity index (χ3n) is 25.1. The molecule has 5 saturated heterocycles. The highest BCUT2D eigenvalue weighted by Crippen LogP contribution is 2.43. The Bertz CT molecular complexity index is 7320. The second kappa shape index (κ2) is 44.2. The number of anilines is 8. The van der Waals surface area contributed by atoms with Gasteiger partial charge in [0.15, 0.2) is 20.0 Å². The van der Waals surface area contributed by atoms with Gasteiger partial charge in [-0.25, -0.2) is 72.0 Å². The summed E-state index contributed by atoms with van der Waals surface area (Å²) >= 11 is 1.51. The Morgan fingerprint density at radius 2 is 1.02 bits per heavy atom. The quantitative estimate of drug-likeness (QED) is 0.0313. The lowest BCUT2D eigenvalue weighted by atomic mass is 9.96. The molecule has 17 rings (SSSR count). The number of amides is 5. The molecule has 9 aromatic heterocycles. The minimum atomic E-state index is -4.40. The highest BCUT2D eigenvalue weighted by molar-refractivity contribution is 7.91. The van der Waals surface area contributed by atoms with Crippen LogP contribution in [0.5, 0.6) is 5.75 Å². The van der Waals surface area contributed by atoms with Crippen LogP contribution in [0.25, 0.3) is 21.5 Å². The minimum Gasteiger partial charge on any atom is -0.491 e. The number of nitrogens with zero attached hydrogens (tertiary/aromatic N) is 14. The second-order valence-corrected chi connectivity index (χ2v) is 47.2. The van der Waals surface area contributed by atoms with Crippen molar-refractivity contribution in [2.75, 3.05) is 87.9 Å². The molecule has 8 N–H and O–H groups in total. The molecule has 3 aromatic carbocycles. The molecular weight excluding hydrogens is 1950 g/mol. The molecule has 12 aromatic rings. The van der Waals surface area contributed by atoms with Crippen molar-refractivity contribution < 1.29 is 67.1 Å². The van der Waals surface area contributed by atoms with Crippen LogP contribution in [0.15, 0.2) is 237 Å². The Labute approximate surface area is 849 Å². The van der Waals surface area contributed by atoms with E-state index < -0.39 is 79.8 Å². The molecule has 0 bridgehead atoms. The zero-order chi connectivity index (χ0) is 104. The van der Waals surface area contributed by atoms with E-state index in [1.54, 1.807) is 102 Å². The maximum atomic E-state index is 13.3. The molecule has 145 heavy (non-hydrogen) atoms. The first kappa shape index (κ1) is 107. The average molecular weight is 2070 g/mol. The average Bonchev–Trinajstić information content (AvgIpc) is 1.68. The van der Waals surface area contributed by atoms with Crippen molar-refractivity contribution in [3.05, 3.63) is 256 Å². The van der Waals surface area contributed by atoms with Gasteiger partial charge in [-0.05, 0) is 284 Å². The van der Waals surface area contributed by atoms with Crippen LogP contribution >= 0.6 is 11.3 Å². The summed E-state index contributed by atoms with van der Waals surface area (Å²) < 4.78 is 125. The van der Waals surface area contributed by atoms with Crippen LogP contribution in [0.1, 0.15) is 200 Å². The number of thiazole rings is 1. The fourth-order valence-corrected chi connectivity index (χ4v) is 23.4. The van der Waals surface area contributed by atoms with Gasteiger partial charge in [0.05, 0.1) is 55.8 Å². The lowest BCUT2D eigenvalue weighted by molar-refractivity contribution is 0.0239. The van der Waals surface area contributed by atoms with Gasteiger partial charge in [0, 0.05) is 105 Å². The van der Waals surface area contributed by atoms with E-state index in [1.165, 1.54) is 65.1 Å². The Balaban J connectivity index is 0.000000153. The van der Waals surface area contributed by atoms with Crippen LogP contribution in [-0.4, -0.2) is 194 Å². The van der Waals surface area contributed by atoms with Gasteiger partial charge in [0.2, 0.25) is 0 Å². The fourth-order valence-electron chi connectivity index (χ4n) is 18.9. The van der Waals surface area contributed by atoms with Crippen molar-refractivity contribution in [3.63, 3.8) is 0 Å². The standard InChI is InChI=1S/C27H38N6O5S.C27H32N4O5S.C25H26N6O3S2.C24H27N5O3S/c1-19-17-27(5,6)33(18-19)23-20(9-8-12-28-23)24(34)30-39(36,37)22-11-7-10-21(29-22)31-13-15-32(16-14-31)25(35)38-26(2,3)4;1-17(2)36-20-10-8-19(9-11-20)22-13-12-21(24(29-22)31-16-18(3)15-27(31,4)5)25(32)30-37(34,35)23-7-6-14-28-26(23)33;1-16-13-25(2,3)31(14-16)23-18(6-5-11-26-23)24(32)30-36(33,34)22-8-4-7-21(29-22)28-17-9-10-19-20(12-17)35-15-27-19;1-17-9-4-5-10-18(17)20-12-3-2-6-16-29(20)23-19(11-8-15-26-23)24(30)28-33(31,32)22-14-7-13-21(25)27-22/h7-12,19H,13-18H2,1-6H3,(H,30,34);6-14,17-18H,15-16H2,1-5H3,(H,28,33)(H,30,32);4-12,15-16H,13-14H2,1-3H3,(H,28,29)(H,30,32);4-5,7-11,13-15,20H,2-3,6,12,16H2,1H3,(H2,25,27)(H,28,30)/t;18-;;/m.0../s1. The Kier molecular flexibility index (Phi) is 32.5. The number of carbonyl (C=O) groups is 5. The number of aromatic amines is 1. The molecule has 5 fully saturated rings. The number of fused-ring (bicyclic) bond motifs is 1. The van der Waals surface area contributed by atoms with E-state index in [2.05, 4.69) is 155 Å². The first-order valence-electron chi connectivity index (χ1n) is 47.8. The number of aryl methyl sites for hydroxylation is 1. The molecular formula is C103H123N21O16S5. The number of nitrogen functional groups attached to an aromatic ring is 1. The third kappa shape index (κ3) is 26.2. The summed E-state index contributed by atoms with van der Waals surface area (Å²) in [5.74, 6) is 1.47. The summed E-state index contributed by atoms with van der Waals surface area (Å²) in [6.45, 7) is 35.0. The van der Waals surface area contributed by atoms with Crippen molar-refractivity contribution >= 4 is 138 Å².